The van der Waals surface area contributed by atoms with E-state index in [2.05, 4.69) is 29.8 Å². The summed E-state index contributed by atoms with van der Waals surface area (Å²) in [5.74, 6) is 0.658. The Labute approximate surface area is 150 Å². The number of benzene rings is 1. The smallest absolute Gasteiger partial charge is 0.319 e. The van der Waals surface area contributed by atoms with Crippen LogP contribution in [0, 0.1) is 5.92 Å². The van der Waals surface area contributed by atoms with Gasteiger partial charge in [0.05, 0.1) is 11.7 Å². The summed E-state index contributed by atoms with van der Waals surface area (Å²) >= 11 is 1.62. The summed E-state index contributed by atoms with van der Waals surface area (Å²) in [5.41, 5.74) is 1.14. The average molecular weight is 359 g/mol. The van der Waals surface area contributed by atoms with Crippen LogP contribution in [-0.4, -0.2) is 18.0 Å². The zero-order valence-electron chi connectivity index (χ0n) is 14.3. The SMILES string of the molecule is CC(C)[C@@H](NC(=O)Nc1ccc2c(c1)NC(=O)[C@@H](C)O2)c1cccs1. The number of urea groups is 1. The van der Waals surface area contributed by atoms with Gasteiger partial charge in [0.15, 0.2) is 6.10 Å². The number of thiophene rings is 1. The Balaban J connectivity index is 1.69. The third-order valence-corrected chi connectivity index (χ3v) is 4.93. The second-order valence-electron chi connectivity index (χ2n) is 6.30. The van der Waals surface area contributed by atoms with Crippen LogP contribution in [0.1, 0.15) is 31.7 Å². The highest BCUT2D eigenvalue weighted by Crippen LogP contribution is 2.32. The van der Waals surface area contributed by atoms with Gasteiger partial charge in [-0.15, -0.1) is 11.3 Å². The van der Waals surface area contributed by atoms with Crippen molar-refractivity contribution in [1.29, 1.82) is 0 Å². The summed E-state index contributed by atoms with van der Waals surface area (Å²) in [5, 5.41) is 10.6. The number of carbonyl (C=O) groups excluding carboxylic acids is 2. The molecule has 0 saturated heterocycles. The van der Waals surface area contributed by atoms with Gasteiger partial charge in [0, 0.05) is 10.6 Å². The number of nitrogens with one attached hydrogen (secondary N) is 3. The molecule has 1 aliphatic heterocycles. The molecule has 0 unspecified atom stereocenters. The van der Waals surface area contributed by atoms with Gasteiger partial charge in [-0.3, -0.25) is 4.79 Å². The Morgan fingerprint density at radius 3 is 2.80 bits per heavy atom. The molecule has 3 rings (SSSR count). The molecule has 2 aromatic rings. The van der Waals surface area contributed by atoms with Crippen molar-refractivity contribution in [2.45, 2.75) is 32.9 Å². The average Bonchev–Trinajstić information content (AvgIpc) is 3.08. The number of hydrogen-bond acceptors (Lipinski definition) is 4. The van der Waals surface area contributed by atoms with E-state index < -0.39 is 6.10 Å². The van der Waals surface area contributed by atoms with Crippen molar-refractivity contribution in [3.05, 3.63) is 40.6 Å². The fourth-order valence-corrected chi connectivity index (χ4v) is 3.58. The summed E-state index contributed by atoms with van der Waals surface area (Å²) in [6, 6.07) is 8.82. The molecule has 3 amide bonds. The lowest BCUT2D eigenvalue weighted by atomic mass is 10.0. The van der Waals surface area contributed by atoms with Crippen molar-refractivity contribution < 1.29 is 14.3 Å². The van der Waals surface area contributed by atoms with Gasteiger partial charge in [0.1, 0.15) is 5.75 Å². The molecule has 0 spiro atoms. The van der Waals surface area contributed by atoms with Crippen LogP contribution in [0.5, 0.6) is 5.75 Å². The number of ether oxygens (including phenoxy) is 1. The van der Waals surface area contributed by atoms with E-state index in [0.717, 1.165) is 4.88 Å². The van der Waals surface area contributed by atoms with Crippen LogP contribution in [0.25, 0.3) is 0 Å². The van der Waals surface area contributed by atoms with Crippen molar-refractivity contribution in [3.63, 3.8) is 0 Å². The minimum Gasteiger partial charge on any atom is -0.479 e. The fourth-order valence-electron chi connectivity index (χ4n) is 2.63. The summed E-state index contributed by atoms with van der Waals surface area (Å²) < 4.78 is 5.51. The van der Waals surface area contributed by atoms with E-state index in [1.807, 2.05) is 17.5 Å². The van der Waals surface area contributed by atoms with Gasteiger partial charge in [-0.05, 0) is 42.5 Å². The Morgan fingerprint density at radius 1 is 1.32 bits per heavy atom. The normalized spacial score (nSPS) is 17.3. The third kappa shape index (κ3) is 3.93. The highest BCUT2D eigenvalue weighted by molar-refractivity contribution is 7.10. The molecule has 0 saturated carbocycles. The molecule has 0 aliphatic carbocycles. The van der Waals surface area contributed by atoms with Gasteiger partial charge < -0.3 is 20.7 Å². The second kappa shape index (κ2) is 7.14. The van der Waals surface area contributed by atoms with Gasteiger partial charge in [-0.25, -0.2) is 4.79 Å². The first-order valence-electron chi connectivity index (χ1n) is 8.16. The molecule has 2 atom stereocenters. The number of carbonyl (C=O) groups is 2. The van der Waals surface area contributed by atoms with E-state index >= 15 is 0 Å². The number of amides is 3. The minimum atomic E-state index is -0.521. The van der Waals surface area contributed by atoms with Gasteiger partial charge in [-0.2, -0.15) is 0 Å². The number of rotatable bonds is 4. The highest BCUT2D eigenvalue weighted by Gasteiger charge is 2.24. The highest BCUT2D eigenvalue weighted by atomic mass is 32.1. The topological polar surface area (TPSA) is 79.5 Å². The van der Waals surface area contributed by atoms with E-state index in [1.54, 1.807) is 36.5 Å². The molecular formula is C18H21N3O3S. The lowest BCUT2D eigenvalue weighted by molar-refractivity contribution is -0.122. The number of fused-ring (bicyclic) bond motifs is 1. The summed E-state index contributed by atoms with van der Waals surface area (Å²) in [6.07, 6.45) is -0.521. The zero-order valence-corrected chi connectivity index (χ0v) is 15.1. The van der Waals surface area contributed by atoms with E-state index in [0.29, 0.717) is 17.1 Å². The van der Waals surface area contributed by atoms with Crippen LogP contribution in [-0.2, 0) is 4.79 Å². The molecule has 0 fully saturated rings. The first-order chi connectivity index (χ1) is 11.9. The van der Waals surface area contributed by atoms with Gasteiger partial charge in [0.25, 0.3) is 5.91 Å². The van der Waals surface area contributed by atoms with Gasteiger partial charge in [-0.1, -0.05) is 19.9 Å². The second-order valence-corrected chi connectivity index (χ2v) is 7.28. The molecule has 0 radical (unpaired) electrons. The first-order valence-corrected chi connectivity index (χ1v) is 9.04. The van der Waals surface area contributed by atoms with Crippen molar-refractivity contribution in [2.24, 2.45) is 5.92 Å². The van der Waals surface area contributed by atoms with Crippen LogP contribution >= 0.6 is 11.3 Å². The Hall–Kier alpha value is -2.54. The van der Waals surface area contributed by atoms with Crippen molar-refractivity contribution in [1.82, 2.24) is 5.32 Å². The quantitative estimate of drug-likeness (QED) is 0.772. The van der Waals surface area contributed by atoms with Crippen LogP contribution in [0.3, 0.4) is 0 Å². The summed E-state index contributed by atoms with van der Waals surface area (Å²) in [4.78, 5) is 25.2. The zero-order chi connectivity index (χ0) is 18.0. The molecule has 1 aromatic heterocycles. The monoisotopic (exact) mass is 359 g/mol. The minimum absolute atomic E-state index is 0.0542. The molecule has 1 aliphatic rings. The predicted molar refractivity (Wildman–Crippen MR) is 99.2 cm³/mol. The van der Waals surface area contributed by atoms with Gasteiger partial charge in [0.2, 0.25) is 0 Å². The van der Waals surface area contributed by atoms with E-state index in [-0.39, 0.29) is 23.9 Å². The molecule has 25 heavy (non-hydrogen) atoms. The molecule has 3 N–H and O–H groups in total. The standard InChI is InChI=1S/C18H21N3O3S/c1-10(2)16(15-5-4-8-25-15)21-18(23)19-12-6-7-14-13(9-12)20-17(22)11(3)24-14/h4-11,16H,1-3H3,(H,20,22)(H2,19,21,23)/t11-,16-/m1/s1. The molecule has 1 aromatic carbocycles. The largest absolute Gasteiger partial charge is 0.479 e. The Morgan fingerprint density at radius 2 is 2.12 bits per heavy atom. The van der Waals surface area contributed by atoms with Crippen LogP contribution in [0.15, 0.2) is 35.7 Å². The molecule has 2 heterocycles. The Bertz CT molecular complexity index is 774. The fraction of sp³-hybridized carbons (Fsp3) is 0.333. The predicted octanol–water partition coefficient (Wildman–Crippen LogP) is 3.99. The molecule has 0 bridgehead atoms. The van der Waals surface area contributed by atoms with Crippen molar-refractivity contribution in [3.8, 4) is 5.75 Å². The van der Waals surface area contributed by atoms with Crippen molar-refractivity contribution in [2.75, 3.05) is 10.6 Å². The van der Waals surface area contributed by atoms with E-state index in [1.165, 1.54) is 0 Å². The van der Waals surface area contributed by atoms with E-state index in [9.17, 15) is 9.59 Å². The Kier molecular flexibility index (Phi) is 4.94. The maximum atomic E-state index is 12.4. The molecular weight excluding hydrogens is 338 g/mol. The lowest BCUT2D eigenvalue weighted by Gasteiger charge is -2.24. The third-order valence-electron chi connectivity index (χ3n) is 3.97. The molecule has 132 valence electrons. The molecule has 6 nitrogen and oxygen atoms in total. The van der Waals surface area contributed by atoms with Crippen molar-refractivity contribution >= 4 is 34.6 Å². The lowest BCUT2D eigenvalue weighted by Crippen LogP contribution is -2.35. The van der Waals surface area contributed by atoms with E-state index in [4.69, 9.17) is 4.74 Å². The maximum absolute atomic E-state index is 12.4. The maximum Gasteiger partial charge on any atom is 0.319 e. The van der Waals surface area contributed by atoms with Gasteiger partial charge >= 0.3 is 6.03 Å². The first kappa shape index (κ1) is 17.3. The summed E-state index contributed by atoms with van der Waals surface area (Å²) in [7, 11) is 0. The number of hydrogen-bond donors (Lipinski definition) is 3. The van der Waals surface area contributed by atoms with Crippen LogP contribution in [0.4, 0.5) is 16.2 Å². The van der Waals surface area contributed by atoms with Crippen LogP contribution in [0.2, 0.25) is 0 Å². The number of anilines is 2. The van der Waals surface area contributed by atoms with Crippen LogP contribution < -0.4 is 20.7 Å². The summed E-state index contributed by atoms with van der Waals surface area (Å²) in [6.45, 7) is 5.82. The molecule has 7 heteroatoms.